The Labute approximate surface area is 210 Å². The third kappa shape index (κ3) is 8.81. The van der Waals surface area contributed by atoms with Crippen molar-refractivity contribution in [2.75, 3.05) is 44.6 Å². The molecule has 0 aliphatic heterocycles. The van der Waals surface area contributed by atoms with E-state index in [-0.39, 0.29) is 55.5 Å². The molecule has 2 aromatic rings. The Morgan fingerprint density at radius 3 is 2.06 bits per heavy atom. The van der Waals surface area contributed by atoms with Crippen molar-refractivity contribution in [3.63, 3.8) is 0 Å². The van der Waals surface area contributed by atoms with Crippen molar-refractivity contribution < 1.29 is 47.6 Å². The lowest BCUT2D eigenvalue weighted by Crippen LogP contribution is -2.19. The Kier molecular flexibility index (Phi) is 12.7. The summed E-state index contributed by atoms with van der Waals surface area (Å²) < 4.78 is 29.4. The van der Waals surface area contributed by atoms with Crippen LogP contribution >= 0.6 is 15.9 Å². The molecule has 2 aromatic carbocycles. The summed E-state index contributed by atoms with van der Waals surface area (Å²) >= 11 is 3.12. The molecule has 2 rings (SSSR count). The molecule has 0 aliphatic rings. The molecule has 12 heteroatoms. The van der Waals surface area contributed by atoms with E-state index in [1.807, 2.05) is 0 Å². The Morgan fingerprint density at radius 1 is 0.800 bits per heavy atom. The summed E-state index contributed by atoms with van der Waals surface area (Å²) in [5, 5.41) is 3.32. The highest BCUT2D eigenvalue weighted by Gasteiger charge is 2.21. The van der Waals surface area contributed by atoms with Gasteiger partial charge in [0, 0.05) is 11.9 Å². The number of benzene rings is 2. The Hall–Kier alpha value is -3.80. The highest BCUT2D eigenvalue weighted by Crippen LogP contribution is 2.28. The lowest BCUT2D eigenvalue weighted by molar-refractivity contribution is 0.0583. The third-order valence-corrected chi connectivity index (χ3v) is 4.35. The van der Waals surface area contributed by atoms with Gasteiger partial charge in [0.25, 0.3) is 0 Å². The number of rotatable bonds is 10. The maximum absolute atomic E-state index is 12.3. The number of carbonyl (C=O) groups excluding carboxylic acids is 4. The summed E-state index contributed by atoms with van der Waals surface area (Å²) in [5.74, 6) is -1.52. The minimum Gasteiger partial charge on any atom is -0.465 e. The van der Waals surface area contributed by atoms with E-state index >= 15 is 0 Å². The topological polar surface area (TPSA) is 136 Å². The van der Waals surface area contributed by atoms with Gasteiger partial charge in [0.15, 0.2) is 5.75 Å². The molecule has 0 spiro atoms. The minimum atomic E-state index is -1.04. The van der Waals surface area contributed by atoms with E-state index in [9.17, 15) is 19.2 Å². The van der Waals surface area contributed by atoms with E-state index in [2.05, 4.69) is 26.0 Å². The van der Waals surface area contributed by atoms with E-state index in [4.69, 9.17) is 23.7 Å². The van der Waals surface area contributed by atoms with Crippen molar-refractivity contribution in [1.82, 2.24) is 0 Å². The van der Waals surface area contributed by atoms with Crippen LogP contribution in [0, 0.1) is 0 Å². The predicted octanol–water partition coefficient (Wildman–Crippen LogP) is 4.43. The van der Waals surface area contributed by atoms with Crippen LogP contribution in [0.1, 0.15) is 28.1 Å². The first-order valence-electron chi connectivity index (χ1n) is 9.79. The number of anilines is 1. The van der Waals surface area contributed by atoms with Gasteiger partial charge in [-0.2, -0.15) is 0 Å². The van der Waals surface area contributed by atoms with Gasteiger partial charge in [0.1, 0.15) is 30.1 Å². The average Bonchev–Trinajstić information content (AvgIpc) is 2.84. The lowest BCUT2D eigenvalue weighted by Gasteiger charge is -2.14. The Balaban J connectivity index is 0.00000612. The first kappa shape index (κ1) is 29.2. The average molecular weight is 556 g/mol. The second-order valence-corrected chi connectivity index (χ2v) is 6.97. The largest absolute Gasteiger partial charge is 0.513 e. The summed E-state index contributed by atoms with van der Waals surface area (Å²) in [7, 11) is 2.38. The zero-order valence-corrected chi connectivity index (χ0v) is 19.9. The smallest absolute Gasteiger partial charge is 0.465 e. The molecule has 0 aliphatic carbocycles. The molecule has 0 bridgehead atoms. The normalized spacial score (nSPS) is 9.69. The van der Waals surface area contributed by atoms with Crippen molar-refractivity contribution >= 4 is 45.9 Å². The molecule has 0 aromatic heterocycles. The van der Waals surface area contributed by atoms with Gasteiger partial charge in [-0.05, 0) is 24.3 Å². The van der Waals surface area contributed by atoms with Gasteiger partial charge in [0.05, 0.1) is 19.9 Å². The second kappa shape index (κ2) is 15.2. The molecular formula is C23H26BrNO10. The number of hydrogen-bond donors (Lipinski definition) is 1. The number of ether oxygens (including phenoxy) is 6. The van der Waals surface area contributed by atoms with Crippen molar-refractivity contribution in [3.8, 4) is 11.5 Å². The highest BCUT2D eigenvalue weighted by molar-refractivity contribution is 9.09. The van der Waals surface area contributed by atoms with Crippen LogP contribution in [0.15, 0.2) is 42.5 Å². The van der Waals surface area contributed by atoms with E-state index in [1.54, 1.807) is 24.3 Å². The first-order valence-corrected chi connectivity index (χ1v) is 10.9. The molecular weight excluding hydrogens is 530 g/mol. The molecule has 35 heavy (non-hydrogen) atoms. The van der Waals surface area contributed by atoms with Crippen LogP contribution in [-0.2, 0) is 18.9 Å². The van der Waals surface area contributed by atoms with E-state index in [0.29, 0.717) is 5.33 Å². The standard InChI is InChI=1S/C22H22BrNO10.CH4/c1-29-19(25)14-6-3-4-8-16(14)33-22(28)32-13-11-24-15-7-5-9-17(18(15)20(26)30-2)34-21(27)31-12-10-23;/h3-9,24H,10-13H2,1-2H3;1H4. The van der Waals surface area contributed by atoms with Crippen LogP contribution in [0.25, 0.3) is 0 Å². The van der Waals surface area contributed by atoms with Crippen LogP contribution in [0.5, 0.6) is 11.5 Å². The fourth-order valence-corrected chi connectivity index (χ4v) is 2.75. The highest BCUT2D eigenvalue weighted by atomic mass is 79.9. The zero-order valence-electron chi connectivity index (χ0n) is 18.3. The Morgan fingerprint density at radius 2 is 1.40 bits per heavy atom. The summed E-state index contributed by atoms with van der Waals surface area (Å²) in [6.07, 6.45) is -2.03. The first-order chi connectivity index (χ1) is 16.4. The molecule has 0 heterocycles. The molecule has 0 atom stereocenters. The van der Waals surface area contributed by atoms with Gasteiger partial charge in [-0.3, -0.25) is 0 Å². The van der Waals surface area contributed by atoms with Gasteiger partial charge < -0.3 is 33.7 Å². The van der Waals surface area contributed by atoms with Gasteiger partial charge in [-0.25, -0.2) is 19.2 Å². The monoisotopic (exact) mass is 555 g/mol. The molecule has 11 nitrogen and oxygen atoms in total. The molecule has 1 N–H and O–H groups in total. The molecule has 0 saturated carbocycles. The molecule has 0 saturated heterocycles. The maximum Gasteiger partial charge on any atom is 0.513 e. The van der Waals surface area contributed by atoms with Crippen LogP contribution in [0.3, 0.4) is 0 Å². The number of halogens is 1. The van der Waals surface area contributed by atoms with Gasteiger partial charge in [0.2, 0.25) is 0 Å². The summed E-state index contributed by atoms with van der Waals surface area (Å²) in [5.41, 5.74) is 0.287. The third-order valence-electron chi connectivity index (χ3n) is 4.03. The summed E-state index contributed by atoms with van der Waals surface area (Å²) in [6, 6.07) is 10.5. The molecule has 0 radical (unpaired) electrons. The number of hydrogen-bond acceptors (Lipinski definition) is 11. The van der Waals surface area contributed by atoms with Crippen LogP contribution in [0.2, 0.25) is 0 Å². The van der Waals surface area contributed by atoms with Crippen LogP contribution in [-0.4, -0.2) is 63.6 Å². The maximum atomic E-state index is 12.3. The predicted molar refractivity (Wildman–Crippen MR) is 129 cm³/mol. The number of methoxy groups -OCH3 is 2. The fraction of sp³-hybridized carbons (Fsp3) is 0.304. The number of para-hydroxylation sites is 1. The number of alkyl halides is 1. The van der Waals surface area contributed by atoms with Crippen molar-refractivity contribution in [1.29, 1.82) is 0 Å². The van der Waals surface area contributed by atoms with Crippen LogP contribution in [0.4, 0.5) is 15.3 Å². The lowest BCUT2D eigenvalue weighted by atomic mass is 10.1. The molecule has 0 unspecified atom stereocenters. The molecule has 0 amide bonds. The second-order valence-electron chi connectivity index (χ2n) is 6.17. The summed E-state index contributed by atoms with van der Waals surface area (Å²) in [6.45, 7) is -0.00465. The zero-order chi connectivity index (χ0) is 24.9. The van der Waals surface area contributed by atoms with Gasteiger partial charge >= 0.3 is 24.2 Å². The van der Waals surface area contributed by atoms with Crippen molar-refractivity contribution in [2.45, 2.75) is 7.43 Å². The van der Waals surface area contributed by atoms with Crippen molar-refractivity contribution in [2.24, 2.45) is 0 Å². The van der Waals surface area contributed by atoms with Gasteiger partial charge in [-0.1, -0.05) is 41.6 Å². The fourth-order valence-electron chi connectivity index (χ4n) is 2.59. The number of carbonyl (C=O) groups is 4. The van der Waals surface area contributed by atoms with Crippen molar-refractivity contribution in [3.05, 3.63) is 53.6 Å². The van der Waals surface area contributed by atoms with Crippen LogP contribution < -0.4 is 14.8 Å². The van der Waals surface area contributed by atoms with E-state index < -0.39 is 24.2 Å². The minimum absolute atomic E-state index is 0. The van der Waals surface area contributed by atoms with E-state index in [1.165, 1.54) is 32.4 Å². The molecule has 190 valence electrons. The SMILES string of the molecule is C.COC(=O)c1ccccc1OC(=O)OCCNc1cccc(OC(=O)OCCBr)c1C(=O)OC. The number of nitrogens with one attached hydrogen (secondary N) is 1. The quantitative estimate of drug-likeness (QED) is 0.146. The summed E-state index contributed by atoms with van der Waals surface area (Å²) in [4.78, 5) is 47.8. The van der Waals surface area contributed by atoms with E-state index in [0.717, 1.165) is 0 Å². The number of esters is 2. The Bertz CT molecular complexity index is 1030. The molecule has 0 fully saturated rings. The van der Waals surface area contributed by atoms with Gasteiger partial charge in [-0.15, -0.1) is 0 Å².